The van der Waals surface area contributed by atoms with Crippen LogP contribution in [0.1, 0.15) is 24.6 Å². The van der Waals surface area contributed by atoms with Gasteiger partial charge in [0.1, 0.15) is 17.3 Å². The van der Waals surface area contributed by atoms with Crippen LogP contribution in [0.3, 0.4) is 0 Å². The number of nitrogens with zero attached hydrogens (tertiary/aromatic N) is 2. The summed E-state index contributed by atoms with van der Waals surface area (Å²) in [5.74, 6) is 0.601. The molecule has 2 N–H and O–H groups in total. The number of nitrogens with two attached hydrogens (primary N) is 1. The summed E-state index contributed by atoms with van der Waals surface area (Å²) in [4.78, 5) is 0. The van der Waals surface area contributed by atoms with Crippen LogP contribution in [-0.2, 0) is 6.54 Å². The van der Waals surface area contributed by atoms with Crippen LogP contribution in [0.15, 0.2) is 18.2 Å². The molecule has 0 aliphatic carbocycles. The third-order valence-corrected chi connectivity index (χ3v) is 2.92. The second-order valence-corrected chi connectivity index (χ2v) is 4.54. The van der Waals surface area contributed by atoms with E-state index >= 15 is 0 Å². The molecular weight excluding hydrogens is 245 g/mol. The third kappa shape index (κ3) is 2.70. The quantitative estimate of drug-likeness (QED) is 0.919. The standard InChI is InChI=1S/C14H18FN3O/c1-4-7-18-14(13(16)10(3)17-18)19-11-6-5-9(2)12(15)8-11/h5-6,8H,4,7,16H2,1-3H3. The average Bonchev–Trinajstić information content (AvgIpc) is 2.62. The van der Waals surface area contributed by atoms with Gasteiger partial charge in [0, 0.05) is 12.6 Å². The van der Waals surface area contributed by atoms with Gasteiger partial charge < -0.3 is 10.5 Å². The van der Waals surface area contributed by atoms with E-state index in [0.717, 1.165) is 12.1 Å². The first kappa shape index (κ1) is 13.4. The Bertz CT molecular complexity index is 593. The Balaban J connectivity index is 2.34. The smallest absolute Gasteiger partial charge is 0.241 e. The number of ether oxygens (including phenoxy) is 1. The summed E-state index contributed by atoms with van der Waals surface area (Å²) in [6.07, 6.45) is 0.916. The summed E-state index contributed by atoms with van der Waals surface area (Å²) in [6.45, 7) is 6.29. The highest BCUT2D eigenvalue weighted by Gasteiger charge is 2.14. The van der Waals surface area contributed by atoms with E-state index in [0.29, 0.717) is 29.4 Å². The number of nitrogen functional groups attached to an aromatic ring is 1. The predicted molar refractivity (Wildman–Crippen MR) is 72.9 cm³/mol. The molecule has 2 rings (SSSR count). The van der Waals surface area contributed by atoms with Crippen molar-refractivity contribution in [3.05, 3.63) is 35.3 Å². The van der Waals surface area contributed by atoms with E-state index in [2.05, 4.69) is 5.10 Å². The van der Waals surface area contributed by atoms with Gasteiger partial charge in [-0.1, -0.05) is 13.0 Å². The summed E-state index contributed by atoms with van der Waals surface area (Å²) < 4.78 is 20.9. The lowest BCUT2D eigenvalue weighted by Gasteiger charge is -2.09. The summed E-state index contributed by atoms with van der Waals surface area (Å²) in [5, 5.41) is 4.31. The molecule has 2 aromatic rings. The Morgan fingerprint density at radius 3 is 2.74 bits per heavy atom. The number of aromatic nitrogens is 2. The molecular formula is C14H18FN3O. The van der Waals surface area contributed by atoms with Crippen molar-refractivity contribution < 1.29 is 9.13 Å². The van der Waals surface area contributed by atoms with Gasteiger partial charge in [-0.3, -0.25) is 0 Å². The average molecular weight is 263 g/mol. The molecule has 5 heteroatoms. The van der Waals surface area contributed by atoms with Crippen LogP contribution >= 0.6 is 0 Å². The van der Waals surface area contributed by atoms with Crippen molar-refractivity contribution in [2.24, 2.45) is 0 Å². The Morgan fingerprint density at radius 1 is 1.37 bits per heavy atom. The molecule has 0 unspecified atom stereocenters. The lowest BCUT2D eigenvalue weighted by atomic mass is 10.2. The number of aryl methyl sites for hydroxylation is 3. The van der Waals surface area contributed by atoms with Crippen LogP contribution < -0.4 is 10.5 Å². The van der Waals surface area contributed by atoms with Crippen LogP contribution in [0.25, 0.3) is 0 Å². The molecule has 0 spiro atoms. The highest BCUT2D eigenvalue weighted by atomic mass is 19.1. The molecule has 0 fully saturated rings. The molecule has 102 valence electrons. The topological polar surface area (TPSA) is 53.1 Å². The van der Waals surface area contributed by atoms with Crippen molar-refractivity contribution in [2.75, 3.05) is 5.73 Å². The molecule has 19 heavy (non-hydrogen) atoms. The molecule has 1 aromatic carbocycles. The van der Waals surface area contributed by atoms with E-state index in [-0.39, 0.29) is 5.82 Å². The van der Waals surface area contributed by atoms with Gasteiger partial charge in [-0.25, -0.2) is 9.07 Å². The van der Waals surface area contributed by atoms with E-state index < -0.39 is 0 Å². The van der Waals surface area contributed by atoms with Crippen molar-refractivity contribution in [1.82, 2.24) is 9.78 Å². The zero-order chi connectivity index (χ0) is 14.0. The van der Waals surface area contributed by atoms with Gasteiger partial charge >= 0.3 is 0 Å². The maximum atomic E-state index is 13.5. The Morgan fingerprint density at radius 2 is 2.11 bits per heavy atom. The first-order chi connectivity index (χ1) is 9.02. The monoisotopic (exact) mass is 263 g/mol. The van der Waals surface area contributed by atoms with Gasteiger partial charge in [-0.15, -0.1) is 0 Å². The molecule has 0 saturated carbocycles. The molecule has 0 bridgehead atoms. The second kappa shape index (κ2) is 5.30. The minimum atomic E-state index is -0.297. The normalized spacial score (nSPS) is 10.7. The van der Waals surface area contributed by atoms with Crippen LogP contribution in [0, 0.1) is 19.7 Å². The molecule has 0 radical (unpaired) electrons. The molecule has 0 amide bonds. The Labute approximate surface area is 112 Å². The molecule has 0 atom stereocenters. The van der Waals surface area contributed by atoms with Crippen molar-refractivity contribution in [1.29, 1.82) is 0 Å². The SMILES string of the molecule is CCCn1nc(C)c(N)c1Oc1ccc(C)c(F)c1. The van der Waals surface area contributed by atoms with Crippen molar-refractivity contribution in [3.8, 4) is 11.6 Å². The number of halogens is 1. The number of hydrogen-bond donors (Lipinski definition) is 1. The van der Waals surface area contributed by atoms with Crippen molar-refractivity contribution in [3.63, 3.8) is 0 Å². The predicted octanol–water partition coefficient (Wildman–Crippen LogP) is 3.42. The molecule has 0 aliphatic heterocycles. The van der Waals surface area contributed by atoms with Crippen LogP contribution in [0.4, 0.5) is 10.1 Å². The molecule has 0 saturated heterocycles. The minimum Gasteiger partial charge on any atom is -0.437 e. The largest absolute Gasteiger partial charge is 0.437 e. The fraction of sp³-hybridized carbons (Fsp3) is 0.357. The summed E-state index contributed by atoms with van der Waals surface area (Å²) in [7, 11) is 0. The van der Waals surface area contributed by atoms with E-state index in [1.54, 1.807) is 23.7 Å². The summed E-state index contributed by atoms with van der Waals surface area (Å²) in [5.41, 5.74) is 7.74. The zero-order valence-electron chi connectivity index (χ0n) is 11.4. The van der Waals surface area contributed by atoms with E-state index in [4.69, 9.17) is 10.5 Å². The second-order valence-electron chi connectivity index (χ2n) is 4.54. The van der Waals surface area contributed by atoms with Gasteiger partial charge in [0.2, 0.25) is 5.88 Å². The highest BCUT2D eigenvalue weighted by Crippen LogP contribution is 2.30. The summed E-state index contributed by atoms with van der Waals surface area (Å²) in [6, 6.07) is 4.75. The lowest BCUT2D eigenvalue weighted by Crippen LogP contribution is -2.02. The van der Waals surface area contributed by atoms with Crippen LogP contribution in [0.5, 0.6) is 11.6 Å². The van der Waals surface area contributed by atoms with Gasteiger partial charge in [-0.05, 0) is 31.9 Å². The van der Waals surface area contributed by atoms with Gasteiger partial charge in [0.25, 0.3) is 0 Å². The summed E-state index contributed by atoms with van der Waals surface area (Å²) >= 11 is 0. The first-order valence-corrected chi connectivity index (χ1v) is 6.29. The number of hydrogen-bond acceptors (Lipinski definition) is 3. The van der Waals surface area contributed by atoms with E-state index in [9.17, 15) is 4.39 Å². The molecule has 1 aromatic heterocycles. The zero-order valence-corrected chi connectivity index (χ0v) is 11.4. The maximum absolute atomic E-state index is 13.5. The minimum absolute atomic E-state index is 0.297. The molecule has 0 aliphatic rings. The molecule has 4 nitrogen and oxygen atoms in total. The fourth-order valence-corrected chi connectivity index (χ4v) is 1.79. The van der Waals surface area contributed by atoms with Gasteiger partial charge in [-0.2, -0.15) is 5.10 Å². The van der Waals surface area contributed by atoms with E-state index in [1.807, 2.05) is 13.8 Å². The number of benzene rings is 1. The van der Waals surface area contributed by atoms with Crippen LogP contribution in [-0.4, -0.2) is 9.78 Å². The van der Waals surface area contributed by atoms with Gasteiger partial charge in [0.15, 0.2) is 0 Å². The van der Waals surface area contributed by atoms with Gasteiger partial charge in [0.05, 0.1) is 5.69 Å². The molecule has 1 heterocycles. The maximum Gasteiger partial charge on any atom is 0.241 e. The van der Waals surface area contributed by atoms with Crippen molar-refractivity contribution in [2.45, 2.75) is 33.7 Å². The Hall–Kier alpha value is -2.04. The highest BCUT2D eigenvalue weighted by molar-refractivity contribution is 5.54. The first-order valence-electron chi connectivity index (χ1n) is 6.29. The van der Waals surface area contributed by atoms with E-state index in [1.165, 1.54) is 6.07 Å². The van der Waals surface area contributed by atoms with Crippen LogP contribution in [0.2, 0.25) is 0 Å². The fourth-order valence-electron chi connectivity index (χ4n) is 1.79. The van der Waals surface area contributed by atoms with Crippen molar-refractivity contribution >= 4 is 5.69 Å². The lowest BCUT2D eigenvalue weighted by molar-refractivity contribution is 0.407. The Kier molecular flexibility index (Phi) is 3.74. The number of rotatable bonds is 4. The third-order valence-electron chi connectivity index (χ3n) is 2.92. The number of anilines is 1.